The quantitative estimate of drug-likeness (QED) is 0.596. The van der Waals surface area contributed by atoms with Crippen molar-refractivity contribution in [3.8, 4) is 11.1 Å². The normalized spacial score (nSPS) is 14.8. The first kappa shape index (κ1) is 14.1. The molecule has 0 heteroatoms. The minimum absolute atomic E-state index is 1.37. The van der Waals surface area contributed by atoms with E-state index in [9.17, 15) is 0 Å². The highest BCUT2D eigenvalue weighted by molar-refractivity contribution is 5.91. The highest BCUT2D eigenvalue weighted by atomic mass is 14.3. The first-order valence-corrected chi connectivity index (χ1v) is 7.65. The summed E-state index contributed by atoms with van der Waals surface area (Å²) in [5, 5.41) is 0. The molecule has 107 valence electrons. The lowest BCUT2D eigenvalue weighted by atomic mass is 9.88. The highest BCUT2D eigenvalue weighted by Gasteiger charge is 2.26. The maximum atomic E-state index is 2.28. The van der Waals surface area contributed by atoms with Crippen molar-refractivity contribution in [2.24, 2.45) is 0 Å². The van der Waals surface area contributed by atoms with E-state index in [0.29, 0.717) is 0 Å². The van der Waals surface area contributed by atoms with Crippen molar-refractivity contribution in [2.45, 2.75) is 41.5 Å². The summed E-state index contributed by atoms with van der Waals surface area (Å²) in [5.74, 6) is 1.42. The molecule has 0 saturated heterocycles. The molecule has 0 aromatic heterocycles. The molecule has 0 N–H and O–H groups in total. The van der Waals surface area contributed by atoms with E-state index in [0.717, 1.165) is 0 Å². The number of rotatable bonds is 1. The van der Waals surface area contributed by atoms with Gasteiger partial charge in [-0.05, 0) is 79.1 Å². The predicted molar refractivity (Wildman–Crippen MR) is 92.4 cm³/mol. The van der Waals surface area contributed by atoms with Crippen LogP contribution in [0.2, 0.25) is 0 Å². The van der Waals surface area contributed by atoms with Gasteiger partial charge in [-0.2, -0.15) is 0 Å². The molecule has 0 saturated carbocycles. The lowest BCUT2D eigenvalue weighted by molar-refractivity contribution is 1.19. The largest absolute Gasteiger partial charge is 0.0613 e. The fraction of sp³-hybridized carbons (Fsp3) is 0.286. The van der Waals surface area contributed by atoms with Crippen LogP contribution in [0.3, 0.4) is 0 Å². The summed E-state index contributed by atoms with van der Waals surface area (Å²) in [4.78, 5) is 0. The van der Waals surface area contributed by atoms with E-state index in [-0.39, 0.29) is 0 Å². The van der Waals surface area contributed by atoms with E-state index in [1.807, 2.05) is 0 Å². The van der Waals surface area contributed by atoms with Gasteiger partial charge in [-0.25, -0.2) is 0 Å². The number of hydrogen-bond donors (Lipinski definition) is 0. The van der Waals surface area contributed by atoms with Crippen LogP contribution in [-0.2, 0) is 0 Å². The van der Waals surface area contributed by atoms with Crippen LogP contribution in [0.5, 0.6) is 0 Å². The molecule has 0 heterocycles. The zero-order valence-corrected chi connectivity index (χ0v) is 13.9. The third kappa shape index (κ3) is 1.97. The molecule has 2 aromatic carbocycles. The van der Waals surface area contributed by atoms with Crippen molar-refractivity contribution in [2.75, 3.05) is 0 Å². The summed E-state index contributed by atoms with van der Waals surface area (Å²) in [6.07, 6.45) is 0. The summed E-state index contributed by atoms with van der Waals surface area (Å²) in [6, 6.07) is 11.2. The zero-order valence-electron chi connectivity index (χ0n) is 13.9. The third-order valence-electron chi connectivity index (χ3n) is 5.32. The molecule has 1 aliphatic carbocycles. The minimum atomic E-state index is 1.37. The van der Waals surface area contributed by atoms with Gasteiger partial charge in [-0.15, -0.1) is 0 Å². The van der Waals surface area contributed by atoms with Crippen molar-refractivity contribution in [1.29, 1.82) is 0 Å². The van der Waals surface area contributed by atoms with E-state index in [1.54, 1.807) is 0 Å². The lowest BCUT2D eigenvalue weighted by Gasteiger charge is -2.16. The van der Waals surface area contributed by atoms with E-state index >= 15 is 0 Å². The van der Waals surface area contributed by atoms with Crippen LogP contribution >= 0.6 is 0 Å². The average molecular weight is 275 g/mol. The maximum absolute atomic E-state index is 2.28. The van der Waals surface area contributed by atoms with Gasteiger partial charge in [0.05, 0.1) is 0 Å². The first-order valence-electron chi connectivity index (χ1n) is 7.65. The Hall–Kier alpha value is -1.82. The lowest BCUT2D eigenvalue weighted by Crippen LogP contribution is -1.96. The molecular formula is C21H23. The van der Waals surface area contributed by atoms with Crippen LogP contribution in [-0.4, -0.2) is 0 Å². The van der Waals surface area contributed by atoms with Gasteiger partial charge in [0.25, 0.3) is 0 Å². The van der Waals surface area contributed by atoms with Crippen LogP contribution in [0.4, 0.5) is 0 Å². The van der Waals surface area contributed by atoms with Gasteiger partial charge in [-0.1, -0.05) is 42.8 Å². The Kier molecular flexibility index (Phi) is 3.28. The summed E-state index contributed by atoms with van der Waals surface area (Å²) < 4.78 is 0. The molecule has 0 nitrogen and oxygen atoms in total. The summed E-state index contributed by atoms with van der Waals surface area (Å²) in [5.41, 5.74) is 12.6. The molecule has 0 aliphatic heterocycles. The van der Waals surface area contributed by atoms with Gasteiger partial charge >= 0.3 is 0 Å². The van der Waals surface area contributed by atoms with Gasteiger partial charge in [0.15, 0.2) is 0 Å². The second-order valence-electron chi connectivity index (χ2n) is 6.28. The molecule has 0 amide bonds. The van der Waals surface area contributed by atoms with E-state index in [4.69, 9.17) is 0 Å². The number of allylic oxidation sites excluding steroid dienone is 2. The SMILES string of the molecule is C[C]1C(C)=C(C)c2c1cccc2-c1ccc(C)c(C)c1C. The van der Waals surface area contributed by atoms with Gasteiger partial charge in [0.1, 0.15) is 0 Å². The van der Waals surface area contributed by atoms with Gasteiger partial charge in [0.2, 0.25) is 0 Å². The summed E-state index contributed by atoms with van der Waals surface area (Å²) in [7, 11) is 0. The van der Waals surface area contributed by atoms with Gasteiger partial charge < -0.3 is 0 Å². The van der Waals surface area contributed by atoms with E-state index in [2.05, 4.69) is 71.9 Å². The van der Waals surface area contributed by atoms with E-state index < -0.39 is 0 Å². The zero-order chi connectivity index (χ0) is 15.3. The van der Waals surface area contributed by atoms with Crippen molar-refractivity contribution in [3.63, 3.8) is 0 Å². The molecule has 1 aliphatic rings. The smallest absolute Gasteiger partial charge is 0.0274 e. The molecule has 21 heavy (non-hydrogen) atoms. The van der Waals surface area contributed by atoms with Crippen molar-refractivity contribution in [3.05, 3.63) is 69.6 Å². The van der Waals surface area contributed by atoms with Crippen molar-refractivity contribution < 1.29 is 0 Å². The second-order valence-corrected chi connectivity index (χ2v) is 6.28. The number of benzene rings is 2. The topological polar surface area (TPSA) is 0 Å². The Bertz CT molecular complexity index is 760. The number of aryl methyl sites for hydroxylation is 1. The highest BCUT2D eigenvalue weighted by Crippen LogP contribution is 2.45. The Labute approximate surface area is 128 Å². The Morgan fingerprint density at radius 1 is 0.571 bits per heavy atom. The molecule has 3 rings (SSSR count). The van der Waals surface area contributed by atoms with Gasteiger partial charge in [0, 0.05) is 5.92 Å². The van der Waals surface area contributed by atoms with E-state index in [1.165, 1.54) is 56.0 Å². The van der Waals surface area contributed by atoms with Gasteiger partial charge in [-0.3, -0.25) is 0 Å². The minimum Gasteiger partial charge on any atom is -0.0613 e. The number of hydrogen-bond acceptors (Lipinski definition) is 0. The standard InChI is InChI=1S/C21H23/c1-12-10-11-18(15(4)13(12)2)20-9-7-8-19-16(5)14(3)17(6)21(19)20/h7-11H,1-6H3. The predicted octanol–water partition coefficient (Wildman–Crippen LogP) is 6.03. The van der Waals surface area contributed by atoms with Crippen molar-refractivity contribution in [1.82, 2.24) is 0 Å². The molecule has 0 fully saturated rings. The molecule has 1 radical (unpaired) electrons. The summed E-state index contributed by atoms with van der Waals surface area (Å²) >= 11 is 0. The van der Waals surface area contributed by atoms with Crippen LogP contribution in [0, 0.1) is 26.7 Å². The van der Waals surface area contributed by atoms with Crippen LogP contribution in [0.15, 0.2) is 35.9 Å². The number of fused-ring (bicyclic) bond motifs is 1. The Balaban J connectivity index is 2.31. The van der Waals surface area contributed by atoms with Crippen LogP contribution < -0.4 is 0 Å². The molecule has 0 unspecified atom stereocenters. The molecule has 2 aromatic rings. The third-order valence-corrected chi connectivity index (χ3v) is 5.32. The monoisotopic (exact) mass is 275 g/mol. The van der Waals surface area contributed by atoms with Crippen LogP contribution in [0.1, 0.15) is 48.6 Å². The average Bonchev–Trinajstić information content (AvgIpc) is 2.70. The first-order chi connectivity index (χ1) is 9.93. The second kappa shape index (κ2) is 4.87. The molecular weight excluding hydrogens is 252 g/mol. The molecule has 0 spiro atoms. The fourth-order valence-electron chi connectivity index (χ4n) is 3.41. The molecule has 0 atom stereocenters. The fourth-order valence-corrected chi connectivity index (χ4v) is 3.41. The molecule has 0 bridgehead atoms. The Morgan fingerprint density at radius 2 is 1.24 bits per heavy atom. The van der Waals surface area contributed by atoms with Crippen molar-refractivity contribution >= 4 is 5.57 Å². The maximum Gasteiger partial charge on any atom is 0.0274 e. The van der Waals surface area contributed by atoms with Crippen LogP contribution in [0.25, 0.3) is 16.7 Å². The Morgan fingerprint density at radius 3 is 1.95 bits per heavy atom. The summed E-state index contributed by atoms with van der Waals surface area (Å²) in [6.45, 7) is 13.4.